The molecule has 32 heavy (non-hydrogen) atoms. The molecule has 0 aliphatic rings. The lowest BCUT2D eigenvalue weighted by molar-refractivity contribution is 0.0798. The molecule has 0 amide bonds. The summed E-state index contributed by atoms with van der Waals surface area (Å²) in [4.78, 5) is 23.8. The molecular formula is C23H25N5O3Si. The van der Waals surface area contributed by atoms with E-state index in [-0.39, 0.29) is 6.01 Å². The third-order valence-corrected chi connectivity index (χ3v) is 6.57. The van der Waals surface area contributed by atoms with Crippen LogP contribution in [0.15, 0.2) is 55.0 Å². The molecule has 0 radical (unpaired) electrons. The fraction of sp³-hybridized carbons (Fsp3) is 0.261. The number of rotatable bonds is 9. The van der Waals surface area contributed by atoms with Crippen LogP contribution < -0.4 is 4.74 Å². The van der Waals surface area contributed by atoms with Crippen molar-refractivity contribution < 1.29 is 14.3 Å². The average Bonchev–Trinajstić information content (AvgIpc) is 3.25. The van der Waals surface area contributed by atoms with Gasteiger partial charge in [-0.05, 0) is 36.4 Å². The van der Waals surface area contributed by atoms with Crippen LogP contribution in [0.2, 0.25) is 25.7 Å². The zero-order valence-corrected chi connectivity index (χ0v) is 19.4. The summed E-state index contributed by atoms with van der Waals surface area (Å²) in [6.45, 7) is 8.11. The quantitative estimate of drug-likeness (QED) is 0.207. The number of carbonyl (C=O) groups excluding carboxylic acids is 1. The van der Waals surface area contributed by atoms with E-state index in [4.69, 9.17) is 9.47 Å². The van der Waals surface area contributed by atoms with Crippen molar-refractivity contribution >= 4 is 25.3 Å². The van der Waals surface area contributed by atoms with Crippen LogP contribution in [0.4, 0.5) is 0 Å². The van der Waals surface area contributed by atoms with Gasteiger partial charge in [-0.15, -0.1) is 0 Å². The number of fused-ring (bicyclic) bond motifs is 1. The minimum atomic E-state index is -1.12. The second-order valence-electron chi connectivity index (χ2n) is 8.63. The Kier molecular flexibility index (Phi) is 6.38. The zero-order chi connectivity index (χ0) is 22.6. The highest BCUT2D eigenvalue weighted by Gasteiger charge is 2.13. The van der Waals surface area contributed by atoms with E-state index in [1.165, 1.54) is 0 Å². The van der Waals surface area contributed by atoms with Crippen LogP contribution in [0.25, 0.3) is 22.2 Å². The molecule has 0 aliphatic heterocycles. The van der Waals surface area contributed by atoms with E-state index < -0.39 is 8.07 Å². The first-order chi connectivity index (χ1) is 15.4. The smallest absolute Gasteiger partial charge is 0.321 e. The molecular weight excluding hydrogens is 422 g/mol. The molecule has 0 atom stereocenters. The Labute approximate surface area is 187 Å². The lowest BCUT2D eigenvalue weighted by atomic mass is 10.2. The molecule has 0 bridgehead atoms. The first kappa shape index (κ1) is 21.8. The number of ether oxygens (including phenoxy) is 2. The minimum Gasteiger partial charge on any atom is -0.424 e. The van der Waals surface area contributed by atoms with Crippen LogP contribution in [0, 0.1) is 0 Å². The molecule has 0 spiro atoms. The van der Waals surface area contributed by atoms with Crippen molar-refractivity contribution in [3.05, 3.63) is 60.7 Å². The van der Waals surface area contributed by atoms with Crippen LogP contribution in [-0.2, 0) is 11.5 Å². The van der Waals surface area contributed by atoms with Crippen molar-refractivity contribution in [1.82, 2.24) is 24.7 Å². The van der Waals surface area contributed by atoms with Gasteiger partial charge in [0.1, 0.15) is 18.2 Å². The van der Waals surface area contributed by atoms with E-state index in [0.29, 0.717) is 18.2 Å². The molecule has 0 aliphatic carbocycles. The molecule has 0 unspecified atom stereocenters. The Hall–Kier alpha value is -3.43. The van der Waals surface area contributed by atoms with Crippen LogP contribution in [0.3, 0.4) is 0 Å². The number of hydrogen-bond donors (Lipinski definition) is 0. The van der Waals surface area contributed by atoms with Gasteiger partial charge in [-0.2, -0.15) is 5.10 Å². The summed E-state index contributed by atoms with van der Waals surface area (Å²) in [5, 5.41) is 5.21. The molecule has 0 fully saturated rings. The molecule has 0 N–H and O–H groups in total. The van der Waals surface area contributed by atoms with Crippen molar-refractivity contribution in [3.8, 4) is 23.0 Å². The second kappa shape index (κ2) is 9.37. The van der Waals surface area contributed by atoms with Gasteiger partial charge < -0.3 is 9.47 Å². The lowest BCUT2D eigenvalue weighted by Gasteiger charge is -2.15. The summed E-state index contributed by atoms with van der Waals surface area (Å²) >= 11 is 0. The van der Waals surface area contributed by atoms with Gasteiger partial charge in [-0.1, -0.05) is 25.7 Å². The van der Waals surface area contributed by atoms with Gasteiger partial charge in [0.2, 0.25) is 0 Å². The highest BCUT2D eigenvalue weighted by molar-refractivity contribution is 6.76. The maximum absolute atomic E-state index is 10.9. The van der Waals surface area contributed by atoms with Gasteiger partial charge >= 0.3 is 6.01 Å². The number of aromatic nitrogens is 5. The largest absolute Gasteiger partial charge is 0.424 e. The summed E-state index contributed by atoms with van der Waals surface area (Å²) in [6.07, 6.45) is 5.87. The Balaban J connectivity index is 1.42. The molecule has 8 nitrogen and oxygen atoms in total. The number of benzene rings is 1. The van der Waals surface area contributed by atoms with Gasteiger partial charge in [0.15, 0.2) is 6.29 Å². The summed E-state index contributed by atoms with van der Waals surface area (Å²) < 4.78 is 13.4. The van der Waals surface area contributed by atoms with Gasteiger partial charge in [-0.3, -0.25) is 4.79 Å². The Morgan fingerprint density at radius 1 is 1.06 bits per heavy atom. The highest BCUT2D eigenvalue weighted by Crippen LogP contribution is 2.24. The van der Waals surface area contributed by atoms with Gasteiger partial charge in [0, 0.05) is 44.2 Å². The van der Waals surface area contributed by atoms with Gasteiger partial charge in [0.25, 0.3) is 0 Å². The van der Waals surface area contributed by atoms with Gasteiger partial charge in [-0.25, -0.2) is 19.6 Å². The van der Waals surface area contributed by atoms with E-state index in [1.807, 2.05) is 18.2 Å². The predicted molar refractivity (Wildman–Crippen MR) is 125 cm³/mol. The molecule has 4 rings (SSSR count). The summed E-state index contributed by atoms with van der Waals surface area (Å²) in [7, 11) is -1.12. The van der Waals surface area contributed by atoms with Crippen molar-refractivity contribution in [1.29, 1.82) is 0 Å². The third kappa shape index (κ3) is 5.43. The van der Waals surface area contributed by atoms with Crippen molar-refractivity contribution in [2.75, 3.05) is 6.61 Å². The molecule has 0 saturated carbocycles. The molecule has 164 valence electrons. The lowest BCUT2D eigenvalue weighted by Crippen LogP contribution is -2.22. The fourth-order valence-electron chi connectivity index (χ4n) is 3.07. The topological polar surface area (TPSA) is 92.0 Å². The summed E-state index contributed by atoms with van der Waals surface area (Å²) in [5.74, 6) is 0.590. The van der Waals surface area contributed by atoms with Crippen molar-refractivity contribution in [3.63, 3.8) is 0 Å². The van der Waals surface area contributed by atoms with Crippen LogP contribution >= 0.6 is 0 Å². The van der Waals surface area contributed by atoms with Crippen LogP contribution in [0.5, 0.6) is 11.8 Å². The molecule has 0 saturated heterocycles. The Morgan fingerprint density at radius 3 is 2.62 bits per heavy atom. The third-order valence-electron chi connectivity index (χ3n) is 4.86. The highest BCUT2D eigenvalue weighted by atomic mass is 28.3. The fourth-order valence-corrected chi connectivity index (χ4v) is 3.82. The molecule has 1 aromatic carbocycles. The predicted octanol–water partition coefficient (Wildman–Crippen LogP) is 4.81. The normalized spacial score (nSPS) is 11.6. The van der Waals surface area contributed by atoms with E-state index in [0.717, 1.165) is 41.1 Å². The number of aldehydes is 1. The minimum absolute atomic E-state index is 0.239. The second-order valence-corrected chi connectivity index (χ2v) is 14.3. The summed E-state index contributed by atoms with van der Waals surface area (Å²) in [5.41, 5.74) is 2.82. The molecule has 9 heteroatoms. The number of pyridine rings is 1. The Morgan fingerprint density at radius 2 is 1.88 bits per heavy atom. The number of carbonyl (C=O) groups is 1. The van der Waals surface area contributed by atoms with E-state index >= 15 is 0 Å². The Bertz CT molecular complexity index is 1220. The molecule has 4 aromatic rings. The zero-order valence-electron chi connectivity index (χ0n) is 18.4. The summed E-state index contributed by atoms with van der Waals surface area (Å²) in [6, 6.07) is 12.2. The SMILES string of the molecule is C[Si](C)(C)CCOCn1nccc1-c1cnc(Oc2ccc3nc(C=O)ccc3c2)nc1. The molecule has 3 aromatic heterocycles. The number of nitrogens with zero attached hydrogens (tertiary/aromatic N) is 5. The van der Waals surface area contributed by atoms with Crippen LogP contribution in [-0.4, -0.2) is 45.7 Å². The van der Waals surface area contributed by atoms with E-state index in [9.17, 15) is 4.79 Å². The van der Waals surface area contributed by atoms with Crippen molar-refractivity contribution in [2.24, 2.45) is 0 Å². The van der Waals surface area contributed by atoms with E-state index in [2.05, 4.69) is 39.7 Å². The van der Waals surface area contributed by atoms with Crippen LogP contribution in [0.1, 0.15) is 10.5 Å². The average molecular weight is 448 g/mol. The van der Waals surface area contributed by atoms with E-state index in [1.54, 1.807) is 41.5 Å². The first-order valence-corrected chi connectivity index (χ1v) is 14.1. The number of hydrogen-bond acceptors (Lipinski definition) is 7. The first-order valence-electron chi connectivity index (χ1n) is 10.4. The monoisotopic (exact) mass is 447 g/mol. The maximum atomic E-state index is 10.9. The van der Waals surface area contributed by atoms with Gasteiger partial charge in [0.05, 0.1) is 11.2 Å². The standard InChI is InChI=1S/C23H25N5O3Si/c1-32(2,3)11-10-30-16-28-22(8-9-26-28)18-13-24-23(25-14-18)31-20-6-7-21-17(12-20)4-5-19(15-29)27-21/h4-9,12-15H,10-11,16H2,1-3H3. The maximum Gasteiger partial charge on any atom is 0.321 e. The molecule has 3 heterocycles. The van der Waals surface area contributed by atoms with Crippen molar-refractivity contribution in [2.45, 2.75) is 32.4 Å².